The van der Waals surface area contributed by atoms with Gasteiger partial charge in [-0.2, -0.15) is 5.10 Å². The van der Waals surface area contributed by atoms with Gasteiger partial charge in [-0.25, -0.2) is 0 Å². The second-order valence-electron chi connectivity index (χ2n) is 6.12. The van der Waals surface area contributed by atoms with Gasteiger partial charge < -0.3 is 4.57 Å². The van der Waals surface area contributed by atoms with E-state index < -0.39 is 0 Å². The molecule has 3 aromatic rings. The molecule has 5 nitrogen and oxygen atoms in total. The van der Waals surface area contributed by atoms with E-state index in [0.717, 1.165) is 32.6 Å². The molecule has 1 saturated heterocycles. The van der Waals surface area contributed by atoms with Crippen LogP contribution < -0.4 is 5.56 Å². The molecule has 1 aliphatic heterocycles. The van der Waals surface area contributed by atoms with Crippen LogP contribution in [0.2, 0.25) is 0 Å². The van der Waals surface area contributed by atoms with E-state index >= 15 is 0 Å². The first kappa shape index (κ1) is 14.2. The number of likely N-dealkylation sites (tertiary alicyclic amines) is 1. The molecule has 0 radical (unpaired) electrons. The number of benzene rings is 1. The third-order valence-electron chi connectivity index (χ3n) is 4.65. The SMILES string of the molecule is O=c1ccccn1CCN1CCC(n2ncc3ccccc32)C1. The summed E-state index contributed by atoms with van der Waals surface area (Å²) in [7, 11) is 0. The molecule has 0 bridgehead atoms. The average molecular weight is 308 g/mol. The molecule has 1 aromatic carbocycles. The standard InChI is InChI=1S/C18H20N4O/c23-18-7-3-4-9-21(18)12-11-20-10-8-16(14-20)22-17-6-2-1-5-15(17)13-19-22/h1-7,9,13,16H,8,10-12,14H2. The third-order valence-corrected chi connectivity index (χ3v) is 4.65. The number of aromatic nitrogens is 3. The largest absolute Gasteiger partial charge is 0.314 e. The number of para-hydroxylation sites is 1. The number of rotatable bonds is 4. The van der Waals surface area contributed by atoms with Gasteiger partial charge in [-0.05, 0) is 18.6 Å². The first-order valence-electron chi connectivity index (χ1n) is 8.11. The zero-order valence-corrected chi connectivity index (χ0v) is 13.0. The molecule has 2 aromatic heterocycles. The van der Waals surface area contributed by atoms with E-state index in [1.165, 1.54) is 10.9 Å². The minimum absolute atomic E-state index is 0.0707. The zero-order chi connectivity index (χ0) is 15.6. The van der Waals surface area contributed by atoms with Crippen LogP contribution >= 0.6 is 0 Å². The lowest BCUT2D eigenvalue weighted by atomic mass is 10.2. The summed E-state index contributed by atoms with van der Waals surface area (Å²) in [6, 6.07) is 14.1. The lowest BCUT2D eigenvalue weighted by molar-refractivity contribution is 0.305. The summed E-state index contributed by atoms with van der Waals surface area (Å²) in [4.78, 5) is 14.2. The molecular formula is C18H20N4O. The summed E-state index contributed by atoms with van der Waals surface area (Å²) < 4.78 is 3.93. The van der Waals surface area contributed by atoms with Crippen molar-refractivity contribution in [1.82, 2.24) is 19.2 Å². The number of hydrogen-bond acceptors (Lipinski definition) is 3. The molecule has 23 heavy (non-hydrogen) atoms. The Bertz CT molecular complexity index is 866. The summed E-state index contributed by atoms with van der Waals surface area (Å²) in [5.74, 6) is 0. The Morgan fingerprint density at radius 3 is 2.87 bits per heavy atom. The molecule has 0 amide bonds. The topological polar surface area (TPSA) is 43.1 Å². The molecule has 1 unspecified atom stereocenters. The van der Waals surface area contributed by atoms with Crippen LogP contribution in [0.3, 0.4) is 0 Å². The molecule has 1 aliphatic rings. The lowest BCUT2D eigenvalue weighted by Crippen LogP contribution is -2.29. The highest BCUT2D eigenvalue weighted by molar-refractivity contribution is 5.78. The van der Waals surface area contributed by atoms with Crippen LogP contribution in [0.5, 0.6) is 0 Å². The predicted octanol–water partition coefficient (Wildman–Crippen LogP) is 2.14. The molecule has 3 heterocycles. The van der Waals surface area contributed by atoms with Crippen LogP contribution in [-0.4, -0.2) is 38.9 Å². The minimum Gasteiger partial charge on any atom is -0.314 e. The van der Waals surface area contributed by atoms with Crippen LogP contribution in [0.25, 0.3) is 10.9 Å². The smallest absolute Gasteiger partial charge is 0.250 e. The Labute approximate surface area is 134 Å². The van der Waals surface area contributed by atoms with Gasteiger partial charge in [0.05, 0.1) is 17.8 Å². The number of hydrogen-bond donors (Lipinski definition) is 0. The molecular weight excluding hydrogens is 288 g/mol. The van der Waals surface area contributed by atoms with E-state index in [-0.39, 0.29) is 5.56 Å². The van der Waals surface area contributed by atoms with E-state index in [0.29, 0.717) is 6.04 Å². The molecule has 4 rings (SSSR count). The summed E-state index contributed by atoms with van der Waals surface area (Å²) >= 11 is 0. The molecule has 1 atom stereocenters. The fraction of sp³-hybridized carbons (Fsp3) is 0.333. The van der Waals surface area contributed by atoms with E-state index in [2.05, 4.69) is 32.9 Å². The van der Waals surface area contributed by atoms with Gasteiger partial charge in [0.25, 0.3) is 5.56 Å². The highest BCUT2D eigenvalue weighted by Gasteiger charge is 2.25. The van der Waals surface area contributed by atoms with Gasteiger partial charge >= 0.3 is 0 Å². The zero-order valence-electron chi connectivity index (χ0n) is 13.0. The predicted molar refractivity (Wildman–Crippen MR) is 90.5 cm³/mol. The Morgan fingerprint density at radius 1 is 1.09 bits per heavy atom. The highest BCUT2D eigenvalue weighted by Crippen LogP contribution is 2.25. The van der Waals surface area contributed by atoms with Crippen molar-refractivity contribution in [3.8, 4) is 0 Å². The first-order valence-corrected chi connectivity index (χ1v) is 8.11. The maximum Gasteiger partial charge on any atom is 0.250 e. The van der Waals surface area contributed by atoms with Crippen LogP contribution in [0.4, 0.5) is 0 Å². The number of pyridine rings is 1. The van der Waals surface area contributed by atoms with E-state index in [1.807, 2.05) is 24.5 Å². The van der Waals surface area contributed by atoms with Gasteiger partial charge in [0.15, 0.2) is 0 Å². The van der Waals surface area contributed by atoms with Crippen molar-refractivity contribution in [2.24, 2.45) is 0 Å². The van der Waals surface area contributed by atoms with Crippen molar-refractivity contribution in [3.63, 3.8) is 0 Å². The molecule has 0 saturated carbocycles. The number of fused-ring (bicyclic) bond motifs is 1. The second kappa shape index (κ2) is 6.01. The fourth-order valence-electron chi connectivity index (χ4n) is 3.39. The maximum atomic E-state index is 11.8. The number of nitrogens with zero attached hydrogens (tertiary/aromatic N) is 4. The molecule has 5 heteroatoms. The monoisotopic (exact) mass is 308 g/mol. The van der Waals surface area contributed by atoms with E-state index in [4.69, 9.17) is 0 Å². The lowest BCUT2D eigenvalue weighted by Gasteiger charge is -2.17. The van der Waals surface area contributed by atoms with Gasteiger partial charge in [-0.15, -0.1) is 0 Å². The van der Waals surface area contributed by atoms with Gasteiger partial charge in [0.1, 0.15) is 0 Å². The van der Waals surface area contributed by atoms with Crippen LogP contribution in [0.15, 0.2) is 59.7 Å². The molecule has 0 aliphatic carbocycles. The summed E-state index contributed by atoms with van der Waals surface area (Å²) in [6.07, 6.45) is 4.91. The Morgan fingerprint density at radius 2 is 1.96 bits per heavy atom. The van der Waals surface area contributed by atoms with E-state index in [9.17, 15) is 4.79 Å². The summed E-state index contributed by atoms with van der Waals surface area (Å²) in [6.45, 7) is 3.69. The highest BCUT2D eigenvalue weighted by atomic mass is 16.1. The van der Waals surface area contributed by atoms with Crippen LogP contribution in [0.1, 0.15) is 12.5 Å². The van der Waals surface area contributed by atoms with Crippen molar-refractivity contribution < 1.29 is 0 Å². The third kappa shape index (κ3) is 2.80. The first-order chi connectivity index (χ1) is 11.3. The Balaban J connectivity index is 1.43. The normalized spacial score (nSPS) is 18.7. The Hall–Kier alpha value is -2.40. The fourth-order valence-corrected chi connectivity index (χ4v) is 3.39. The summed E-state index contributed by atoms with van der Waals surface area (Å²) in [5, 5.41) is 5.78. The average Bonchev–Trinajstić information content (AvgIpc) is 3.20. The summed E-state index contributed by atoms with van der Waals surface area (Å²) in [5.41, 5.74) is 1.28. The van der Waals surface area contributed by atoms with Gasteiger partial charge in [-0.1, -0.05) is 24.3 Å². The van der Waals surface area contributed by atoms with Crippen molar-refractivity contribution in [1.29, 1.82) is 0 Å². The van der Waals surface area contributed by atoms with Crippen molar-refractivity contribution in [3.05, 3.63) is 65.2 Å². The van der Waals surface area contributed by atoms with Crippen molar-refractivity contribution in [2.75, 3.05) is 19.6 Å². The molecule has 118 valence electrons. The van der Waals surface area contributed by atoms with Gasteiger partial charge in [-0.3, -0.25) is 14.4 Å². The van der Waals surface area contributed by atoms with E-state index in [1.54, 1.807) is 16.7 Å². The molecule has 0 spiro atoms. The van der Waals surface area contributed by atoms with Crippen molar-refractivity contribution in [2.45, 2.75) is 19.0 Å². The van der Waals surface area contributed by atoms with Crippen LogP contribution in [-0.2, 0) is 6.54 Å². The molecule has 1 fully saturated rings. The second-order valence-corrected chi connectivity index (χ2v) is 6.12. The van der Waals surface area contributed by atoms with Gasteiger partial charge in [0, 0.05) is 43.8 Å². The Kier molecular flexibility index (Phi) is 3.71. The molecule has 0 N–H and O–H groups in total. The maximum absolute atomic E-state index is 11.8. The van der Waals surface area contributed by atoms with Crippen molar-refractivity contribution >= 4 is 10.9 Å². The van der Waals surface area contributed by atoms with Gasteiger partial charge in [0.2, 0.25) is 0 Å². The quantitative estimate of drug-likeness (QED) is 0.742. The minimum atomic E-state index is 0.0707. The van der Waals surface area contributed by atoms with Crippen LogP contribution in [0, 0.1) is 0 Å².